The molecule has 0 aliphatic carbocycles. The van der Waals surface area contributed by atoms with Crippen molar-refractivity contribution < 1.29 is 0 Å². The minimum Gasteiger partial charge on any atom is -0.0953 e. The van der Waals surface area contributed by atoms with E-state index in [1.54, 1.807) is 6.08 Å². The van der Waals surface area contributed by atoms with Gasteiger partial charge in [0, 0.05) is 5.03 Å². The molecule has 0 radical (unpaired) electrons. The van der Waals surface area contributed by atoms with E-state index in [9.17, 15) is 0 Å². The van der Waals surface area contributed by atoms with Gasteiger partial charge in [-0.1, -0.05) is 64.6 Å². The highest BCUT2D eigenvalue weighted by Gasteiger charge is 1.93. The molecule has 0 fully saturated rings. The normalized spacial score (nSPS) is 9.14. The van der Waals surface area contributed by atoms with Crippen LogP contribution in [0.15, 0.2) is 48.1 Å². The molecule has 0 nitrogen and oxygen atoms in total. The van der Waals surface area contributed by atoms with Crippen molar-refractivity contribution in [2.45, 2.75) is 33.6 Å². The van der Waals surface area contributed by atoms with E-state index in [0.29, 0.717) is 5.03 Å². The van der Waals surface area contributed by atoms with Crippen molar-refractivity contribution in [2.75, 3.05) is 0 Å². The SMILES string of the molecule is C=C(Cl)/C=C\C(=C)C(=C)CCC.CC. The third-order valence-electron chi connectivity index (χ3n) is 1.47. The average Bonchev–Trinajstić information content (AvgIpc) is 2.17. The molecule has 0 atom stereocenters. The molecular weight excluding hydrogens is 192 g/mol. The van der Waals surface area contributed by atoms with Crippen LogP contribution in [0.4, 0.5) is 0 Å². The van der Waals surface area contributed by atoms with Crippen LogP contribution in [0.5, 0.6) is 0 Å². The summed E-state index contributed by atoms with van der Waals surface area (Å²) in [6.45, 7) is 17.4. The van der Waals surface area contributed by atoms with Crippen LogP contribution in [0.1, 0.15) is 33.6 Å². The fourth-order valence-corrected chi connectivity index (χ4v) is 0.834. The Labute approximate surface area is 93.7 Å². The van der Waals surface area contributed by atoms with Crippen molar-refractivity contribution >= 4 is 11.6 Å². The average molecular weight is 213 g/mol. The van der Waals surface area contributed by atoms with Crippen molar-refractivity contribution in [2.24, 2.45) is 0 Å². The molecule has 0 aliphatic heterocycles. The fourth-order valence-electron chi connectivity index (χ4n) is 0.771. The quantitative estimate of drug-likeness (QED) is 0.548. The predicted molar refractivity (Wildman–Crippen MR) is 68.7 cm³/mol. The van der Waals surface area contributed by atoms with Gasteiger partial charge in [-0.05, 0) is 23.6 Å². The van der Waals surface area contributed by atoms with Crippen LogP contribution < -0.4 is 0 Å². The Bertz CT molecular complexity index is 221. The zero-order valence-corrected chi connectivity index (χ0v) is 10.3. The molecule has 0 bridgehead atoms. The summed E-state index contributed by atoms with van der Waals surface area (Å²) in [5.74, 6) is 0. The van der Waals surface area contributed by atoms with Crippen molar-refractivity contribution in [1.29, 1.82) is 0 Å². The third kappa shape index (κ3) is 9.34. The fraction of sp³-hybridized carbons (Fsp3) is 0.385. The van der Waals surface area contributed by atoms with Gasteiger partial charge in [0.1, 0.15) is 0 Å². The van der Waals surface area contributed by atoms with Crippen LogP contribution in [0.2, 0.25) is 0 Å². The van der Waals surface area contributed by atoms with Gasteiger partial charge in [-0.2, -0.15) is 0 Å². The summed E-state index contributed by atoms with van der Waals surface area (Å²) in [5, 5.41) is 0.514. The summed E-state index contributed by atoms with van der Waals surface area (Å²) in [4.78, 5) is 0. The van der Waals surface area contributed by atoms with Gasteiger partial charge in [-0.25, -0.2) is 0 Å². The van der Waals surface area contributed by atoms with Crippen LogP contribution in [0.3, 0.4) is 0 Å². The molecule has 0 spiro atoms. The van der Waals surface area contributed by atoms with E-state index in [0.717, 1.165) is 24.0 Å². The Morgan fingerprint density at radius 3 is 2.00 bits per heavy atom. The van der Waals surface area contributed by atoms with Crippen LogP contribution in [-0.4, -0.2) is 0 Å². The Hall–Kier alpha value is -0.750. The molecule has 0 heterocycles. The van der Waals surface area contributed by atoms with Gasteiger partial charge in [0.2, 0.25) is 0 Å². The highest BCUT2D eigenvalue weighted by Crippen LogP contribution is 2.14. The second kappa shape index (κ2) is 10.3. The van der Waals surface area contributed by atoms with Crippen LogP contribution in [0, 0.1) is 0 Å². The molecule has 0 aliphatic rings. The first-order chi connectivity index (χ1) is 6.57. The van der Waals surface area contributed by atoms with E-state index in [1.165, 1.54) is 0 Å². The lowest BCUT2D eigenvalue weighted by atomic mass is 10.0. The molecule has 14 heavy (non-hydrogen) atoms. The number of hydrogen-bond acceptors (Lipinski definition) is 0. The first kappa shape index (κ1) is 15.7. The van der Waals surface area contributed by atoms with Crippen LogP contribution >= 0.6 is 11.6 Å². The molecule has 0 rings (SSSR count). The number of allylic oxidation sites excluding steroid dienone is 5. The zero-order valence-electron chi connectivity index (χ0n) is 9.57. The Morgan fingerprint density at radius 1 is 1.14 bits per heavy atom. The minimum absolute atomic E-state index is 0.514. The van der Waals surface area contributed by atoms with Crippen LogP contribution in [0.25, 0.3) is 0 Å². The maximum atomic E-state index is 5.55. The zero-order chi connectivity index (χ0) is 11.6. The second-order valence-corrected chi connectivity index (χ2v) is 3.14. The summed E-state index contributed by atoms with van der Waals surface area (Å²) in [5.41, 5.74) is 1.99. The van der Waals surface area contributed by atoms with E-state index in [2.05, 4.69) is 26.7 Å². The van der Waals surface area contributed by atoms with Gasteiger partial charge in [-0.3, -0.25) is 0 Å². The first-order valence-electron chi connectivity index (χ1n) is 4.97. The van der Waals surface area contributed by atoms with Gasteiger partial charge in [0.15, 0.2) is 0 Å². The molecule has 1 heteroatoms. The van der Waals surface area contributed by atoms with E-state index in [-0.39, 0.29) is 0 Å². The maximum Gasteiger partial charge on any atom is 0.0334 e. The number of hydrogen-bond donors (Lipinski definition) is 0. The highest BCUT2D eigenvalue weighted by atomic mass is 35.5. The summed E-state index contributed by atoms with van der Waals surface area (Å²) < 4.78 is 0. The lowest BCUT2D eigenvalue weighted by Crippen LogP contribution is -1.81. The lowest BCUT2D eigenvalue weighted by Gasteiger charge is -2.01. The lowest BCUT2D eigenvalue weighted by molar-refractivity contribution is 0.922. The van der Waals surface area contributed by atoms with E-state index >= 15 is 0 Å². The molecule has 0 N–H and O–H groups in total. The van der Waals surface area contributed by atoms with Crippen molar-refractivity contribution in [1.82, 2.24) is 0 Å². The summed E-state index contributed by atoms with van der Waals surface area (Å²) in [7, 11) is 0. The monoisotopic (exact) mass is 212 g/mol. The molecule has 0 saturated carbocycles. The third-order valence-corrected chi connectivity index (χ3v) is 1.60. The molecule has 80 valence electrons. The Balaban J connectivity index is 0. The topological polar surface area (TPSA) is 0 Å². The number of halogens is 1. The summed E-state index contributed by atoms with van der Waals surface area (Å²) >= 11 is 5.55. The van der Waals surface area contributed by atoms with Gasteiger partial charge in [0.25, 0.3) is 0 Å². The van der Waals surface area contributed by atoms with Crippen LogP contribution in [-0.2, 0) is 0 Å². The van der Waals surface area contributed by atoms with E-state index < -0.39 is 0 Å². The Kier molecular flexibility index (Phi) is 11.6. The molecule has 0 aromatic heterocycles. The van der Waals surface area contributed by atoms with Crippen molar-refractivity contribution in [3.8, 4) is 0 Å². The molecular formula is C13H21Cl. The van der Waals surface area contributed by atoms with Gasteiger partial charge in [-0.15, -0.1) is 0 Å². The highest BCUT2D eigenvalue weighted by molar-refractivity contribution is 6.30. The second-order valence-electron chi connectivity index (χ2n) is 2.66. The molecule has 0 aromatic carbocycles. The largest absolute Gasteiger partial charge is 0.0953 e. The standard InChI is InChI=1S/C11H15Cl.C2H6/c1-5-6-9(2)10(3)7-8-11(4)12;1-2/h7-8H,2-6H2,1H3;1-2H3/b8-7-;. The van der Waals surface area contributed by atoms with Gasteiger partial charge < -0.3 is 0 Å². The molecule has 0 saturated heterocycles. The molecule has 0 amide bonds. The smallest absolute Gasteiger partial charge is 0.0334 e. The van der Waals surface area contributed by atoms with Gasteiger partial charge >= 0.3 is 0 Å². The minimum atomic E-state index is 0.514. The summed E-state index contributed by atoms with van der Waals surface area (Å²) in [6.07, 6.45) is 5.64. The molecule has 0 aromatic rings. The molecule has 0 unspecified atom stereocenters. The van der Waals surface area contributed by atoms with E-state index in [4.69, 9.17) is 11.6 Å². The van der Waals surface area contributed by atoms with E-state index in [1.807, 2.05) is 19.9 Å². The predicted octanol–water partition coefficient (Wildman–Crippen LogP) is 5.23. The maximum absolute atomic E-state index is 5.55. The number of rotatable bonds is 5. The summed E-state index contributed by atoms with van der Waals surface area (Å²) in [6, 6.07) is 0. The van der Waals surface area contributed by atoms with Gasteiger partial charge in [0.05, 0.1) is 0 Å². The Morgan fingerprint density at radius 2 is 1.64 bits per heavy atom. The van der Waals surface area contributed by atoms with Crippen molar-refractivity contribution in [3.05, 3.63) is 48.1 Å². The first-order valence-corrected chi connectivity index (χ1v) is 5.35. The van der Waals surface area contributed by atoms with Crippen molar-refractivity contribution in [3.63, 3.8) is 0 Å².